The summed E-state index contributed by atoms with van der Waals surface area (Å²) in [6, 6.07) is 2.55. The van der Waals surface area contributed by atoms with Crippen LogP contribution in [0.4, 0.5) is 0 Å². The molecular formula is C13H23ClN2. The van der Waals surface area contributed by atoms with E-state index in [9.17, 15) is 0 Å². The van der Waals surface area contributed by atoms with Gasteiger partial charge in [0.25, 0.3) is 0 Å². The van der Waals surface area contributed by atoms with Gasteiger partial charge in [-0.2, -0.15) is 5.10 Å². The lowest BCUT2D eigenvalue weighted by Crippen LogP contribution is -2.24. The van der Waals surface area contributed by atoms with Gasteiger partial charge in [-0.05, 0) is 44.6 Å². The van der Waals surface area contributed by atoms with Crippen molar-refractivity contribution in [3.05, 3.63) is 18.0 Å². The summed E-state index contributed by atoms with van der Waals surface area (Å²) >= 11 is 6.11. The molecule has 0 aliphatic rings. The standard InChI is InChI=1S/C13H23ClN2/c1-5-13(6-2,10-14)9-12-7-8-16(15-12)11(3)4/h7-8,11H,5-6,9-10H2,1-4H3. The van der Waals surface area contributed by atoms with E-state index in [1.165, 1.54) is 0 Å². The summed E-state index contributed by atoms with van der Waals surface area (Å²) in [4.78, 5) is 0. The molecule has 0 bridgehead atoms. The van der Waals surface area contributed by atoms with Crippen molar-refractivity contribution in [1.29, 1.82) is 0 Å². The second-order valence-corrected chi connectivity index (χ2v) is 5.17. The molecule has 0 unspecified atom stereocenters. The average molecular weight is 243 g/mol. The Morgan fingerprint density at radius 2 is 2.00 bits per heavy atom. The topological polar surface area (TPSA) is 17.8 Å². The van der Waals surface area contributed by atoms with Crippen molar-refractivity contribution in [2.75, 3.05) is 5.88 Å². The van der Waals surface area contributed by atoms with Gasteiger partial charge in [-0.3, -0.25) is 4.68 Å². The number of rotatable bonds is 6. The summed E-state index contributed by atoms with van der Waals surface area (Å²) in [6.45, 7) is 8.72. The minimum absolute atomic E-state index is 0.220. The van der Waals surface area contributed by atoms with Crippen LogP contribution in [0.25, 0.3) is 0 Å². The lowest BCUT2D eigenvalue weighted by molar-refractivity contribution is 0.297. The molecule has 0 aliphatic heterocycles. The van der Waals surface area contributed by atoms with Crippen molar-refractivity contribution >= 4 is 11.6 Å². The first-order chi connectivity index (χ1) is 7.56. The van der Waals surface area contributed by atoms with Crippen molar-refractivity contribution in [1.82, 2.24) is 9.78 Å². The highest BCUT2D eigenvalue weighted by Crippen LogP contribution is 2.31. The Balaban J connectivity index is 2.77. The molecule has 0 atom stereocenters. The van der Waals surface area contributed by atoms with Crippen LogP contribution in [-0.4, -0.2) is 15.7 Å². The third-order valence-corrected chi connectivity index (χ3v) is 4.10. The molecule has 0 radical (unpaired) electrons. The van der Waals surface area contributed by atoms with Gasteiger partial charge in [-0.25, -0.2) is 0 Å². The molecule has 0 fully saturated rings. The Hall–Kier alpha value is -0.500. The van der Waals surface area contributed by atoms with Gasteiger partial charge >= 0.3 is 0 Å². The third-order valence-electron chi connectivity index (χ3n) is 3.53. The molecule has 3 heteroatoms. The number of alkyl halides is 1. The lowest BCUT2D eigenvalue weighted by atomic mass is 9.80. The first-order valence-electron chi connectivity index (χ1n) is 6.17. The van der Waals surface area contributed by atoms with E-state index in [0.717, 1.165) is 25.0 Å². The SMILES string of the molecule is CCC(CC)(CCl)Cc1ccn(C(C)C)n1. The van der Waals surface area contributed by atoms with E-state index in [4.69, 9.17) is 11.6 Å². The average Bonchev–Trinajstić information content (AvgIpc) is 2.74. The van der Waals surface area contributed by atoms with E-state index in [2.05, 4.69) is 45.1 Å². The second-order valence-electron chi connectivity index (χ2n) is 4.90. The maximum absolute atomic E-state index is 6.11. The zero-order chi connectivity index (χ0) is 12.2. The van der Waals surface area contributed by atoms with Crippen LogP contribution < -0.4 is 0 Å². The highest BCUT2D eigenvalue weighted by Gasteiger charge is 2.26. The van der Waals surface area contributed by atoms with Crippen LogP contribution in [0.3, 0.4) is 0 Å². The van der Waals surface area contributed by atoms with Crippen molar-refractivity contribution in [2.24, 2.45) is 5.41 Å². The van der Waals surface area contributed by atoms with E-state index in [1.54, 1.807) is 0 Å². The Bertz CT molecular complexity index is 305. The summed E-state index contributed by atoms with van der Waals surface area (Å²) in [5.74, 6) is 0.717. The van der Waals surface area contributed by atoms with Crippen LogP contribution >= 0.6 is 11.6 Å². The Labute approximate surface area is 104 Å². The van der Waals surface area contributed by atoms with E-state index >= 15 is 0 Å². The number of hydrogen-bond acceptors (Lipinski definition) is 1. The summed E-state index contributed by atoms with van der Waals surface area (Å²) in [7, 11) is 0. The van der Waals surface area contributed by atoms with Gasteiger partial charge in [0.05, 0.1) is 5.69 Å². The van der Waals surface area contributed by atoms with E-state index in [0.29, 0.717) is 11.9 Å². The molecule has 92 valence electrons. The van der Waals surface area contributed by atoms with Crippen molar-refractivity contribution in [2.45, 2.75) is 53.0 Å². The maximum atomic E-state index is 6.11. The fourth-order valence-electron chi connectivity index (χ4n) is 1.88. The van der Waals surface area contributed by atoms with Crippen molar-refractivity contribution in [3.63, 3.8) is 0 Å². The zero-order valence-electron chi connectivity index (χ0n) is 10.8. The van der Waals surface area contributed by atoms with Crippen LogP contribution in [0.15, 0.2) is 12.3 Å². The Kier molecular flexibility index (Phi) is 4.85. The molecule has 0 spiro atoms. The molecule has 1 rings (SSSR count). The van der Waals surface area contributed by atoms with Crippen molar-refractivity contribution in [3.8, 4) is 0 Å². The van der Waals surface area contributed by atoms with Crippen LogP contribution in [0.5, 0.6) is 0 Å². The third kappa shape index (κ3) is 3.00. The summed E-state index contributed by atoms with van der Waals surface area (Å²) < 4.78 is 2.01. The van der Waals surface area contributed by atoms with Gasteiger partial charge in [0.1, 0.15) is 0 Å². The molecule has 16 heavy (non-hydrogen) atoms. The minimum Gasteiger partial charge on any atom is -0.270 e. The summed E-state index contributed by atoms with van der Waals surface area (Å²) in [5.41, 5.74) is 1.38. The predicted octanol–water partition coefficient (Wildman–Crippen LogP) is 4.05. The minimum atomic E-state index is 0.220. The zero-order valence-corrected chi connectivity index (χ0v) is 11.6. The fraction of sp³-hybridized carbons (Fsp3) is 0.769. The van der Waals surface area contributed by atoms with E-state index in [-0.39, 0.29) is 5.41 Å². The molecule has 1 aromatic heterocycles. The smallest absolute Gasteiger partial charge is 0.0630 e. The fourth-order valence-corrected chi connectivity index (χ4v) is 2.35. The van der Waals surface area contributed by atoms with Gasteiger partial charge in [0.2, 0.25) is 0 Å². The van der Waals surface area contributed by atoms with Gasteiger partial charge in [-0.15, -0.1) is 11.6 Å². The summed E-state index contributed by atoms with van der Waals surface area (Å²) in [6.07, 6.45) is 5.27. The highest BCUT2D eigenvalue weighted by atomic mass is 35.5. The second kappa shape index (κ2) is 5.72. The van der Waals surface area contributed by atoms with Crippen molar-refractivity contribution < 1.29 is 0 Å². The van der Waals surface area contributed by atoms with Crippen LogP contribution in [0.1, 0.15) is 52.3 Å². The van der Waals surface area contributed by atoms with Gasteiger partial charge in [0.15, 0.2) is 0 Å². The first-order valence-corrected chi connectivity index (χ1v) is 6.70. The molecule has 0 aliphatic carbocycles. The molecular weight excluding hydrogens is 220 g/mol. The van der Waals surface area contributed by atoms with E-state index in [1.807, 2.05) is 4.68 Å². The van der Waals surface area contributed by atoms with Crippen LogP contribution in [0.2, 0.25) is 0 Å². The number of nitrogens with zero attached hydrogens (tertiary/aromatic N) is 2. The Morgan fingerprint density at radius 1 is 1.38 bits per heavy atom. The van der Waals surface area contributed by atoms with Crippen LogP contribution in [-0.2, 0) is 6.42 Å². The molecule has 0 aromatic carbocycles. The van der Waals surface area contributed by atoms with Gasteiger partial charge in [-0.1, -0.05) is 13.8 Å². The van der Waals surface area contributed by atoms with Gasteiger partial charge < -0.3 is 0 Å². The van der Waals surface area contributed by atoms with Crippen LogP contribution in [0, 0.1) is 5.41 Å². The monoisotopic (exact) mass is 242 g/mol. The molecule has 0 N–H and O–H groups in total. The van der Waals surface area contributed by atoms with E-state index < -0.39 is 0 Å². The number of halogens is 1. The number of hydrogen-bond donors (Lipinski definition) is 0. The molecule has 0 amide bonds. The van der Waals surface area contributed by atoms with Gasteiger partial charge in [0, 0.05) is 18.1 Å². The molecule has 0 saturated heterocycles. The normalized spacial score (nSPS) is 12.4. The molecule has 1 aromatic rings. The largest absolute Gasteiger partial charge is 0.270 e. The number of aromatic nitrogens is 2. The molecule has 1 heterocycles. The highest BCUT2D eigenvalue weighted by molar-refractivity contribution is 6.18. The maximum Gasteiger partial charge on any atom is 0.0630 e. The molecule has 2 nitrogen and oxygen atoms in total. The quantitative estimate of drug-likeness (QED) is 0.688. The molecule has 0 saturated carbocycles. The lowest BCUT2D eigenvalue weighted by Gasteiger charge is -2.28. The summed E-state index contributed by atoms with van der Waals surface area (Å²) in [5, 5.41) is 4.60. The Morgan fingerprint density at radius 3 is 2.38 bits per heavy atom. The predicted molar refractivity (Wildman–Crippen MR) is 70.1 cm³/mol. The first kappa shape index (κ1) is 13.6.